The molecule has 4 rings (SSSR count). The van der Waals surface area contributed by atoms with Gasteiger partial charge in [-0.25, -0.2) is 0 Å². The van der Waals surface area contributed by atoms with Crippen molar-refractivity contribution in [3.63, 3.8) is 0 Å². The lowest BCUT2D eigenvalue weighted by atomic mass is 10.0. The standard InChI is InChI=1S/C23H21N3O5/c1-2-7-30-21-13-25-15(10-19(21)27)11-24-12-18-17-9-14(20-4-3-8-31-20)5-6-16(17)22(28)26-23(18)29/h3-6,8-10,12-13H,2,7,11H2,1H3,(H,25,27)(H2,26,28,29). The van der Waals surface area contributed by atoms with E-state index < -0.39 is 5.56 Å². The maximum atomic E-state index is 12.3. The Labute approximate surface area is 176 Å². The Hall–Kier alpha value is -4.07. The van der Waals surface area contributed by atoms with Crippen LogP contribution in [0.15, 0.2) is 67.9 Å². The van der Waals surface area contributed by atoms with Crippen molar-refractivity contribution in [3.05, 3.63) is 80.7 Å². The smallest absolute Gasteiger partial charge is 0.258 e. The van der Waals surface area contributed by atoms with Crippen molar-refractivity contribution in [2.24, 2.45) is 4.99 Å². The summed E-state index contributed by atoms with van der Waals surface area (Å²) in [5, 5.41) is 11.3. The highest BCUT2D eigenvalue weighted by Crippen LogP contribution is 2.27. The minimum absolute atomic E-state index is 0.182. The van der Waals surface area contributed by atoms with Crippen LogP contribution in [-0.2, 0) is 6.54 Å². The fraction of sp³-hybridized carbons (Fsp3) is 0.174. The van der Waals surface area contributed by atoms with E-state index in [2.05, 4.69) is 15.0 Å². The number of rotatable bonds is 7. The summed E-state index contributed by atoms with van der Waals surface area (Å²) in [6.07, 6.45) is 5.37. The summed E-state index contributed by atoms with van der Waals surface area (Å²) in [5.41, 5.74) is 1.10. The van der Waals surface area contributed by atoms with Crippen molar-refractivity contribution >= 4 is 17.0 Å². The van der Waals surface area contributed by atoms with E-state index >= 15 is 0 Å². The summed E-state index contributed by atoms with van der Waals surface area (Å²) < 4.78 is 10.8. The number of hydrogen-bond acceptors (Lipinski definition) is 6. The van der Waals surface area contributed by atoms with Crippen molar-refractivity contribution in [2.45, 2.75) is 19.9 Å². The minimum Gasteiger partial charge on any atom is -0.494 e. The van der Waals surface area contributed by atoms with Gasteiger partial charge in [0.1, 0.15) is 5.76 Å². The van der Waals surface area contributed by atoms with Gasteiger partial charge in [0.25, 0.3) is 5.56 Å². The molecule has 8 heteroatoms. The number of H-pyrrole nitrogens is 2. The summed E-state index contributed by atoms with van der Waals surface area (Å²) in [4.78, 5) is 34.1. The van der Waals surface area contributed by atoms with Gasteiger partial charge in [0.2, 0.25) is 11.3 Å². The third kappa shape index (κ3) is 4.28. The van der Waals surface area contributed by atoms with Crippen molar-refractivity contribution < 1.29 is 14.3 Å². The van der Waals surface area contributed by atoms with Gasteiger partial charge in [-0.05, 0) is 30.7 Å². The first-order valence-electron chi connectivity index (χ1n) is 9.84. The minimum atomic E-state index is -0.400. The molecule has 0 amide bonds. The first-order chi connectivity index (χ1) is 15.1. The molecule has 31 heavy (non-hydrogen) atoms. The number of pyridine rings is 2. The van der Waals surface area contributed by atoms with Gasteiger partial charge >= 0.3 is 0 Å². The van der Waals surface area contributed by atoms with Gasteiger partial charge in [0, 0.05) is 40.5 Å². The summed E-state index contributed by atoms with van der Waals surface area (Å²) in [5.74, 6) is 0.631. The van der Waals surface area contributed by atoms with Crippen LogP contribution in [0, 0.1) is 0 Å². The summed E-state index contributed by atoms with van der Waals surface area (Å²) in [6, 6.07) is 10.2. The molecule has 0 aliphatic heterocycles. The van der Waals surface area contributed by atoms with E-state index in [1.165, 1.54) is 18.5 Å². The third-order valence-electron chi connectivity index (χ3n) is 4.73. The van der Waals surface area contributed by atoms with Crippen LogP contribution in [0.3, 0.4) is 0 Å². The lowest BCUT2D eigenvalue weighted by Gasteiger charge is -2.07. The molecule has 0 aliphatic carbocycles. The Balaban J connectivity index is 1.65. The van der Waals surface area contributed by atoms with Gasteiger partial charge in [-0.15, -0.1) is 0 Å². The van der Waals surface area contributed by atoms with E-state index in [-0.39, 0.29) is 23.6 Å². The largest absolute Gasteiger partial charge is 0.494 e. The number of aromatic amines is 2. The average molecular weight is 419 g/mol. The molecule has 0 aliphatic rings. The summed E-state index contributed by atoms with van der Waals surface area (Å²) in [7, 11) is 0. The second kappa shape index (κ2) is 8.74. The molecule has 1 aromatic carbocycles. The van der Waals surface area contributed by atoms with Crippen LogP contribution >= 0.6 is 0 Å². The first-order valence-corrected chi connectivity index (χ1v) is 9.84. The Kier molecular flexibility index (Phi) is 5.70. The summed E-state index contributed by atoms with van der Waals surface area (Å²) >= 11 is 0. The lowest BCUT2D eigenvalue weighted by molar-refractivity contribution is 0.313. The predicted octanol–water partition coefficient (Wildman–Crippen LogP) is 3.59. The molecule has 0 saturated heterocycles. The van der Waals surface area contributed by atoms with Gasteiger partial charge in [-0.3, -0.25) is 19.6 Å². The molecule has 0 spiro atoms. The molecular formula is C23H21N3O5. The highest BCUT2D eigenvalue weighted by molar-refractivity contribution is 6.02. The molecule has 3 aromatic heterocycles. The predicted molar refractivity (Wildman–Crippen MR) is 118 cm³/mol. The molecule has 0 bridgehead atoms. The number of fused-ring (bicyclic) bond motifs is 1. The third-order valence-corrected chi connectivity index (χ3v) is 4.73. The topological polar surface area (TPSA) is 121 Å². The van der Waals surface area contributed by atoms with E-state index in [0.29, 0.717) is 34.4 Å². The molecule has 0 saturated carbocycles. The first kappa shape index (κ1) is 20.2. The van der Waals surface area contributed by atoms with Crippen LogP contribution in [0.2, 0.25) is 0 Å². The maximum Gasteiger partial charge on any atom is 0.258 e. The molecule has 0 radical (unpaired) electrons. The second-order valence-electron chi connectivity index (χ2n) is 6.96. The molecular weight excluding hydrogens is 398 g/mol. The zero-order valence-corrected chi connectivity index (χ0v) is 16.8. The average Bonchev–Trinajstić information content (AvgIpc) is 3.30. The van der Waals surface area contributed by atoms with Crippen molar-refractivity contribution in [1.29, 1.82) is 0 Å². The van der Waals surface area contributed by atoms with Crippen LogP contribution in [0.25, 0.3) is 22.1 Å². The quantitative estimate of drug-likeness (QED) is 0.395. The highest BCUT2D eigenvalue weighted by atomic mass is 16.5. The summed E-state index contributed by atoms with van der Waals surface area (Å²) in [6.45, 7) is 2.62. The zero-order chi connectivity index (χ0) is 21.8. The second-order valence-corrected chi connectivity index (χ2v) is 6.96. The molecule has 3 N–H and O–H groups in total. The number of hydrogen-bond donors (Lipinski definition) is 3. The number of aromatic hydroxyl groups is 1. The Morgan fingerprint density at radius 2 is 2.06 bits per heavy atom. The number of nitrogens with zero attached hydrogens (tertiary/aromatic N) is 1. The van der Waals surface area contributed by atoms with Crippen LogP contribution in [0.5, 0.6) is 11.6 Å². The number of benzene rings is 1. The molecule has 4 aromatic rings. The van der Waals surface area contributed by atoms with Gasteiger partial charge in [0.05, 0.1) is 25.0 Å². The number of nitrogens with one attached hydrogen (secondary N) is 2. The molecule has 158 valence electrons. The fourth-order valence-electron chi connectivity index (χ4n) is 3.21. The molecule has 8 nitrogen and oxygen atoms in total. The van der Waals surface area contributed by atoms with E-state index in [9.17, 15) is 14.7 Å². The van der Waals surface area contributed by atoms with Crippen LogP contribution in [-0.4, -0.2) is 27.9 Å². The van der Waals surface area contributed by atoms with E-state index in [1.807, 2.05) is 13.0 Å². The van der Waals surface area contributed by atoms with E-state index in [4.69, 9.17) is 9.15 Å². The highest BCUT2D eigenvalue weighted by Gasteiger charge is 2.12. The number of aromatic nitrogens is 2. The van der Waals surface area contributed by atoms with E-state index in [0.717, 1.165) is 12.0 Å². The Morgan fingerprint density at radius 1 is 1.19 bits per heavy atom. The van der Waals surface area contributed by atoms with Crippen LogP contribution < -0.4 is 15.7 Å². The number of ether oxygens (including phenoxy) is 1. The van der Waals surface area contributed by atoms with Gasteiger partial charge in [-0.1, -0.05) is 13.0 Å². The van der Waals surface area contributed by atoms with E-state index in [1.54, 1.807) is 30.5 Å². The molecule has 3 heterocycles. The zero-order valence-electron chi connectivity index (χ0n) is 16.8. The normalized spacial score (nSPS) is 11.4. The Bertz CT molecular complexity index is 1350. The lowest BCUT2D eigenvalue weighted by Crippen LogP contribution is -2.10. The number of aliphatic imine (C=N–C) groups is 1. The number of furan rings is 1. The van der Waals surface area contributed by atoms with Crippen LogP contribution in [0.4, 0.5) is 0 Å². The van der Waals surface area contributed by atoms with Crippen molar-refractivity contribution in [2.75, 3.05) is 6.61 Å². The monoisotopic (exact) mass is 419 g/mol. The SMILES string of the molecule is CCCOc1c[nH]c(CN=Cc2c(O)[nH]c(=O)c3ccc(-c4ccco4)cc23)cc1=O. The molecule has 0 fully saturated rings. The maximum absolute atomic E-state index is 12.3. The van der Waals surface area contributed by atoms with Gasteiger partial charge < -0.3 is 19.2 Å². The molecule has 0 unspecified atom stereocenters. The van der Waals surface area contributed by atoms with Gasteiger partial charge in [-0.2, -0.15) is 0 Å². The molecule has 0 atom stereocenters. The fourth-order valence-corrected chi connectivity index (χ4v) is 3.21. The van der Waals surface area contributed by atoms with Gasteiger partial charge in [0.15, 0.2) is 5.75 Å². The Morgan fingerprint density at radius 3 is 2.81 bits per heavy atom. The van der Waals surface area contributed by atoms with Crippen LogP contribution in [0.1, 0.15) is 24.6 Å². The van der Waals surface area contributed by atoms with Crippen molar-refractivity contribution in [1.82, 2.24) is 9.97 Å². The van der Waals surface area contributed by atoms with Crippen molar-refractivity contribution in [3.8, 4) is 23.0 Å².